The SMILES string of the molecule is CCC1CCC(c2noc(-c3cc(C#N)cn3C)n2)C1. The number of hydrogen-bond donors (Lipinski definition) is 0. The van der Waals surface area contributed by atoms with Crippen molar-refractivity contribution < 1.29 is 4.52 Å². The van der Waals surface area contributed by atoms with Crippen LogP contribution in [0.3, 0.4) is 0 Å². The molecule has 2 heterocycles. The summed E-state index contributed by atoms with van der Waals surface area (Å²) in [7, 11) is 1.88. The van der Waals surface area contributed by atoms with Gasteiger partial charge in [-0.1, -0.05) is 18.5 Å². The first-order valence-corrected chi connectivity index (χ1v) is 7.11. The van der Waals surface area contributed by atoms with Crippen LogP contribution in [-0.2, 0) is 7.05 Å². The van der Waals surface area contributed by atoms with Crippen LogP contribution < -0.4 is 0 Å². The van der Waals surface area contributed by atoms with Gasteiger partial charge in [0.2, 0.25) is 0 Å². The quantitative estimate of drug-likeness (QED) is 0.858. The maximum atomic E-state index is 8.93. The fourth-order valence-electron chi connectivity index (χ4n) is 3.02. The standard InChI is InChI=1S/C15H18N4O/c1-3-10-4-5-12(6-10)14-17-15(20-18-14)13-7-11(8-16)9-19(13)2/h7,9-10,12H,3-6H2,1-2H3. The van der Waals surface area contributed by atoms with E-state index >= 15 is 0 Å². The monoisotopic (exact) mass is 270 g/mol. The molecule has 2 atom stereocenters. The second kappa shape index (κ2) is 5.12. The van der Waals surface area contributed by atoms with Gasteiger partial charge in [0.1, 0.15) is 11.8 Å². The van der Waals surface area contributed by atoms with Crippen molar-refractivity contribution >= 4 is 0 Å². The molecule has 0 radical (unpaired) electrons. The molecular formula is C15H18N4O. The van der Waals surface area contributed by atoms with Gasteiger partial charge in [-0.05, 0) is 31.2 Å². The largest absolute Gasteiger partial charge is 0.345 e. The van der Waals surface area contributed by atoms with E-state index in [2.05, 4.69) is 23.1 Å². The van der Waals surface area contributed by atoms with Crippen molar-refractivity contribution in [2.45, 2.75) is 38.5 Å². The summed E-state index contributed by atoms with van der Waals surface area (Å²) in [6.45, 7) is 2.24. The van der Waals surface area contributed by atoms with Gasteiger partial charge in [-0.25, -0.2) is 0 Å². The van der Waals surface area contributed by atoms with Gasteiger partial charge < -0.3 is 9.09 Å². The molecule has 1 aliphatic rings. The molecule has 0 amide bonds. The highest BCUT2D eigenvalue weighted by Crippen LogP contribution is 2.38. The zero-order valence-corrected chi connectivity index (χ0v) is 11.8. The summed E-state index contributed by atoms with van der Waals surface area (Å²) in [5.41, 5.74) is 1.40. The van der Waals surface area contributed by atoms with E-state index in [9.17, 15) is 0 Å². The lowest BCUT2D eigenvalue weighted by atomic mass is 10.0. The molecule has 0 aromatic carbocycles. The lowest BCUT2D eigenvalue weighted by Gasteiger charge is -2.04. The van der Waals surface area contributed by atoms with Crippen LogP contribution >= 0.6 is 0 Å². The van der Waals surface area contributed by atoms with Crippen LogP contribution in [-0.4, -0.2) is 14.7 Å². The van der Waals surface area contributed by atoms with Crippen molar-refractivity contribution in [3.05, 3.63) is 23.7 Å². The predicted octanol–water partition coefficient (Wildman–Crippen LogP) is 3.24. The Hall–Kier alpha value is -2.09. The van der Waals surface area contributed by atoms with E-state index in [1.165, 1.54) is 12.8 Å². The maximum absolute atomic E-state index is 8.93. The first-order valence-electron chi connectivity index (χ1n) is 7.11. The summed E-state index contributed by atoms with van der Waals surface area (Å²) in [6.07, 6.45) is 6.56. The highest BCUT2D eigenvalue weighted by molar-refractivity contribution is 5.52. The highest BCUT2D eigenvalue weighted by atomic mass is 16.5. The van der Waals surface area contributed by atoms with E-state index in [-0.39, 0.29) is 0 Å². The summed E-state index contributed by atoms with van der Waals surface area (Å²) >= 11 is 0. The Labute approximate surface area is 118 Å². The molecular weight excluding hydrogens is 252 g/mol. The van der Waals surface area contributed by atoms with Crippen molar-refractivity contribution in [1.29, 1.82) is 5.26 Å². The van der Waals surface area contributed by atoms with Gasteiger partial charge >= 0.3 is 0 Å². The van der Waals surface area contributed by atoms with Crippen LogP contribution in [0.2, 0.25) is 0 Å². The van der Waals surface area contributed by atoms with Gasteiger partial charge in [0.05, 0.1) is 5.56 Å². The molecule has 2 aromatic rings. The molecule has 1 fully saturated rings. The average molecular weight is 270 g/mol. The van der Waals surface area contributed by atoms with E-state index in [4.69, 9.17) is 9.78 Å². The Morgan fingerprint density at radius 3 is 3.00 bits per heavy atom. The van der Waals surface area contributed by atoms with Gasteiger partial charge in [0.25, 0.3) is 5.89 Å². The molecule has 2 aromatic heterocycles. The fourth-order valence-corrected chi connectivity index (χ4v) is 3.02. The molecule has 0 saturated heterocycles. The van der Waals surface area contributed by atoms with Crippen LogP contribution in [0.1, 0.15) is 49.9 Å². The molecule has 104 valence electrons. The Balaban J connectivity index is 1.83. The minimum atomic E-state index is 0.424. The third-order valence-electron chi connectivity index (χ3n) is 4.28. The smallest absolute Gasteiger partial charge is 0.274 e. The normalized spacial score (nSPS) is 22.1. The highest BCUT2D eigenvalue weighted by Gasteiger charge is 2.28. The van der Waals surface area contributed by atoms with E-state index < -0.39 is 0 Å². The Morgan fingerprint density at radius 1 is 1.50 bits per heavy atom. The topological polar surface area (TPSA) is 67.6 Å². The van der Waals surface area contributed by atoms with Crippen molar-refractivity contribution in [2.75, 3.05) is 0 Å². The van der Waals surface area contributed by atoms with Crippen molar-refractivity contribution in [1.82, 2.24) is 14.7 Å². The predicted molar refractivity (Wildman–Crippen MR) is 73.8 cm³/mol. The Morgan fingerprint density at radius 2 is 2.35 bits per heavy atom. The lowest BCUT2D eigenvalue weighted by Crippen LogP contribution is -1.97. The van der Waals surface area contributed by atoms with E-state index in [1.54, 1.807) is 12.3 Å². The second-order valence-electron chi connectivity index (χ2n) is 5.58. The van der Waals surface area contributed by atoms with Crippen LogP contribution in [0, 0.1) is 17.2 Å². The van der Waals surface area contributed by atoms with Gasteiger partial charge in [-0.2, -0.15) is 10.2 Å². The van der Waals surface area contributed by atoms with Crippen LogP contribution in [0.5, 0.6) is 0 Å². The number of aromatic nitrogens is 3. The zero-order valence-electron chi connectivity index (χ0n) is 11.8. The number of nitrogens with zero attached hydrogens (tertiary/aromatic N) is 4. The Bertz CT molecular complexity index is 649. The van der Waals surface area contributed by atoms with Crippen molar-refractivity contribution in [3.63, 3.8) is 0 Å². The van der Waals surface area contributed by atoms with Gasteiger partial charge in [0.15, 0.2) is 5.82 Å². The fraction of sp³-hybridized carbons (Fsp3) is 0.533. The number of nitriles is 1. The maximum Gasteiger partial charge on any atom is 0.274 e. The summed E-state index contributed by atoms with van der Waals surface area (Å²) in [4.78, 5) is 4.53. The minimum absolute atomic E-state index is 0.424. The molecule has 5 heteroatoms. The molecule has 20 heavy (non-hydrogen) atoms. The molecule has 2 unspecified atom stereocenters. The minimum Gasteiger partial charge on any atom is -0.345 e. The Kier molecular flexibility index (Phi) is 3.31. The molecule has 3 rings (SSSR count). The first kappa shape index (κ1) is 12.9. The summed E-state index contributed by atoms with van der Waals surface area (Å²) in [5.74, 6) is 2.54. The number of hydrogen-bond acceptors (Lipinski definition) is 4. The number of rotatable bonds is 3. The zero-order chi connectivity index (χ0) is 14.1. The summed E-state index contributed by atoms with van der Waals surface area (Å²) in [6, 6.07) is 3.90. The van der Waals surface area contributed by atoms with E-state index in [0.29, 0.717) is 17.4 Å². The van der Waals surface area contributed by atoms with E-state index in [1.807, 2.05) is 11.6 Å². The van der Waals surface area contributed by atoms with Crippen LogP contribution in [0.25, 0.3) is 11.6 Å². The third-order valence-corrected chi connectivity index (χ3v) is 4.28. The average Bonchev–Trinajstić information content (AvgIpc) is 3.16. The van der Waals surface area contributed by atoms with Gasteiger partial charge in [-0.3, -0.25) is 0 Å². The molecule has 0 bridgehead atoms. The molecule has 0 spiro atoms. The van der Waals surface area contributed by atoms with Crippen molar-refractivity contribution in [2.24, 2.45) is 13.0 Å². The molecule has 1 aliphatic carbocycles. The first-order chi connectivity index (χ1) is 9.71. The van der Waals surface area contributed by atoms with Gasteiger partial charge in [0, 0.05) is 19.2 Å². The molecule has 1 saturated carbocycles. The van der Waals surface area contributed by atoms with Crippen LogP contribution in [0.4, 0.5) is 0 Å². The van der Waals surface area contributed by atoms with Crippen LogP contribution in [0.15, 0.2) is 16.8 Å². The summed E-state index contributed by atoms with van der Waals surface area (Å²) < 4.78 is 7.23. The summed E-state index contributed by atoms with van der Waals surface area (Å²) in [5, 5.41) is 13.1. The third kappa shape index (κ3) is 2.22. The second-order valence-corrected chi connectivity index (χ2v) is 5.58. The molecule has 5 nitrogen and oxygen atoms in total. The van der Waals surface area contributed by atoms with Crippen molar-refractivity contribution in [3.8, 4) is 17.7 Å². The molecule has 0 N–H and O–H groups in total. The van der Waals surface area contributed by atoms with Gasteiger partial charge in [-0.15, -0.1) is 0 Å². The van der Waals surface area contributed by atoms with E-state index in [0.717, 1.165) is 30.3 Å². The molecule has 0 aliphatic heterocycles. The lowest BCUT2D eigenvalue weighted by molar-refractivity contribution is 0.411. The number of aryl methyl sites for hydroxylation is 1.